The van der Waals surface area contributed by atoms with Crippen LogP contribution in [0.4, 0.5) is 11.5 Å². The van der Waals surface area contributed by atoms with Crippen LogP contribution in [0.25, 0.3) is 0 Å². The Balaban J connectivity index is 1.95. The minimum absolute atomic E-state index is 0.0840. The number of aliphatic imine (C=N–C) groups is 1. The van der Waals surface area contributed by atoms with Gasteiger partial charge in [0.15, 0.2) is 5.96 Å². The summed E-state index contributed by atoms with van der Waals surface area (Å²) in [7, 11) is 1.60. The van der Waals surface area contributed by atoms with E-state index in [0.717, 1.165) is 17.5 Å². The monoisotopic (exact) mass is 301 g/mol. The fourth-order valence-corrected chi connectivity index (χ4v) is 1.65. The molecule has 0 spiro atoms. The van der Waals surface area contributed by atoms with Crippen LogP contribution in [0.1, 0.15) is 5.56 Å². The first-order chi connectivity index (χ1) is 10.6. The van der Waals surface area contributed by atoms with Crippen LogP contribution in [-0.2, 0) is 6.54 Å². The van der Waals surface area contributed by atoms with Crippen LogP contribution < -0.4 is 15.8 Å². The summed E-state index contributed by atoms with van der Waals surface area (Å²) in [4.78, 5) is 18.1. The van der Waals surface area contributed by atoms with E-state index in [1.54, 1.807) is 7.11 Å². The van der Waals surface area contributed by atoms with E-state index >= 15 is 0 Å². The number of methoxy groups -OCH3 is 1. The third-order valence-electron chi connectivity index (χ3n) is 2.81. The van der Waals surface area contributed by atoms with Gasteiger partial charge in [0.1, 0.15) is 17.8 Å². The lowest BCUT2D eigenvalue weighted by atomic mass is 10.2. The molecule has 0 aliphatic heterocycles. The predicted octanol–water partition coefficient (Wildman–Crippen LogP) is 1.93. The molecule has 1 aromatic heterocycles. The number of aromatic nitrogens is 1. The molecule has 0 saturated carbocycles. The van der Waals surface area contributed by atoms with Crippen molar-refractivity contribution in [3.05, 3.63) is 58.3 Å². The van der Waals surface area contributed by atoms with Crippen LogP contribution in [0.5, 0.6) is 5.75 Å². The molecule has 0 bridgehead atoms. The Morgan fingerprint density at radius 3 is 2.64 bits per heavy atom. The molecule has 0 atom stereocenters. The summed E-state index contributed by atoms with van der Waals surface area (Å²) in [5.41, 5.74) is 6.64. The topological polar surface area (TPSA) is 116 Å². The molecule has 0 saturated heterocycles. The number of nitrogens with one attached hydrogen (secondary N) is 1. The van der Waals surface area contributed by atoms with E-state index in [1.165, 1.54) is 12.1 Å². The van der Waals surface area contributed by atoms with Gasteiger partial charge in [-0.05, 0) is 23.8 Å². The molecule has 2 aromatic rings. The molecule has 0 aliphatic rings. The largest absolute Gasteiger partial charge is 0.497 e. The highest BCUT2D eigenvalue weighted by molar-refractivity contribution is 5.91. The predicted molar refractivity (Wildman–Crippen MR) is 82.8 cm³/mol. The van der Waals surface area contributed by atoms with Gasteiger partial charge >= 0.3 is 0 Å². The summed E-state index contributed by atoms with van der Waals surface area (Å²) >= 11 is 0. The number of hydrogen-bond acceptors (Lipinski definition) is 5. The number of nitro groups is 1. The second-order valence-electron chi connectivity index (χ2n) is 4.33. The highest BCUT2D eigenvalue weighted by atomic mass is 16.6. The summed E-state index contributed by atoms with van der Waals surface area (Å²) in [5, 5.41) is 13.3. The molecule has 22 heavy (non-hydrogen) atoms. The molecule has 2 rings (SSSR count). The van der Waals surface area contributed by atoms with Gasteiger partial charge in [-0.1, -0.05) is 12.1 Å². The van der Waals surface area contributed by atoms with Gasteiger partial charge in [-0.2, -0.15) is 0 Å². The molecule has 0 unspecified atom stereocenters. The van der Waals surface area contributed by atoms with E-state index in [-0.39, 0.29) is 11.6 Å². The molecule has 0 aliphatic carbocycles. The summed E-state index contributed by atoms with van der Waals surface area (Å²) in [6, 6.07) is 10.3. The quantitative estimate of drug-likeness (QED) is 0.377. The number of anilines is 1. The first kappa shape index (κ1) is 15.2. The normalized spacial score (nSPS) is 11.0. The fraction of sp³-hybridized carbons (Fsp3) is 0.143. The van der Waals surface area contributed by atoms with Gasteiger partial charge in [0, 0.05) is 6.07 Å². The highest BCUT2D eigenvalue weighted by Crippen LogP contribution is 2.13. The average Bonchev–Trinajstić information content (AvgIpc) is 2.54. The zero-order chi connectivity index (χ0) is 15.9. The summed E-state index contributed by atoms with van der Waals surface area (Å²) in [6.07, 6.45) is 1.15. The minimum atomic E-state index is -0.516. The lowest BCUT2D eigenvalue weighted by molar-refractivity contribution is -0.385. The van der Waals surface area contributed by atoms with E-state index in [9.17, 15) is 10.1 Å². The third-order valence-corrected chi connectivity index (χ3v) is 2.81. The van der Waals surface area contributed by atoms with Crippen molar-refractivity contribution in [1.29, 1.82) is 0 Å². The second-order valence-corrected chi connectivity index (χ2v) is 4.33. The van der Waals surface area contributed by atoms with Crippen molar-refractivity contribution in [1.82, 2.24) is 4.98 Å². The number of nitrogens with two attached hydrogens (primary N) is 1. The standard InChI is InChI=1S/C14H15N5O3/c1-22-12-5-2-10(3-6-12)8-17-14(15)18-13-7-4-11(9-16-13)19(20)21/h2-7,9H,8H2,1H3,(H3,15,16,17,18). The number of rotatable bonds is 5. The Kier molecular flexibility index (Phi) is 4.86. The van der Waals surface area contributed by atoms with E-state index in [4.69, 9.17) is 10.5 Å². The smallest absolute Gasteiger partial charge is 0.287 e. The van der Waals surface area contributed by atoms with Crippen LogP contribution in [0.3, 0.4) is 0 Å². The minimum Gasteiger partial charge on any atom is -0.497 e. The van der Waals surface area contributed by atoms with E-state index < -0.39 is 4.92 Å². The van der Waals surface area contributed by atoms with E-state index in [0.29, 0.717) is 12.4 Å². The number of pyridine rings is 1. The van der Waals surface area contributed by atoms with Gasteiger partial charge in [0.05, 0.1) is 18.6 Å². The maximum Gasteiger partial charge on any atom is 0.287 e. The first-order valence-electron chi connectivity index (χ1n) is 6.39. The molecule has 114 valence electrons. The van der Waals surface area contributed by atoms with Crippen molar-refractivity contribution >= 4 is 17.5 Å². The number of ether oxygens (including phenoxy) is 1. The number of nitrogens with zero attached hydrogens (tertiary/aromatic N) is 3. The SMILES string of the molecule is COc1ccc(CN=C(N)Nc2ccc([N+](=O)[O-])cn2)cc1. The fourth-order valence-electron chi connectivity index (χ4n) is 1.65. The Morgan fingerprint density at radius 1 is 1.36 bits per heavy atom. The van der Waals surface area contributed by atoms with Crippen LogP contribution in [0.15, 0.2) is 47.6 Å². The number of hydrogen-bond donors (Lipinski definition) is 2. The lowest BCUT2D eigenvalue weighted by Gasteiger charge is -2.05. The Bertz CT molecular complexity index is 668. The van der Waals surface area contributed by atoms with Gasteiger partial charge in [0.2, 0.25) is 0 Å². The third kappa shape index (κ3) is 4.17. The zero-order valence-electron chi connectivity index (χ0n) is 11.9. The van der Waals surface area contributed by atoms with Crippen LogP contribution >= 0.6 is 0 Å². The molecule has 0 radical (unpaired) electrons. The molecular weight excluding hydrogens is 286 g/mol. The van der Waals surface area contributed by atoms with E-state index in [2.05, 4.69) is 15.3 Å². The van der Waals surface area contributed by atoms with Crippen molar-refractivity contribution in [2.45, 2.75) is 6.54 Å². The molecule has 1 heterocycles. The molecule has 8 heteroatoms. The maximum atomic E-state index is 10.5. The van der Waals surface area contributed by atoms with E-state index in [1.807, 2.05) is 24.3 Å². The molecule has 0 amide bonds. The highest BCUT2D eigenvalue weighted by Gasteiger charge is 2.05. The molecule has 1 aromatic carbocycles. The van der Waals surface area contributed by atoms with Gasteiger partial charge in [-0.25, -0.2) is 9.98 Å². The maximum absolute atomic E-state index is 10.5. The molecule has 0 fully saturated rings. The van der Waals surface area contributed by atoms with Crippen molar-refractivity contribution < 1.29 is 9.66 Å². The van der Waals surface area contributed by atoms with Crippen LogP contribution in [0, 0.1) is 10.1 Å². The summed E-state index contributed by atoms with van der Waals surface area (Å²) < 4.78 is 5.07. The Hall–Kier alpha value is -3.16. The van der Waals surface area contributed by atoms with Crippen molar-refractivity contribution in [2.24, 2.45) is 10.7 Å². The van der Waals surface area contributed by atoms with Crippen LogP contribution in [-0.4, -0.2) is 23.0 Å². The van der Waals surface area contributed by atoms with Gasteiger partial charge < -0.3 is 15.8 Å². The first-order valence-corrected chi connectivity index (χ1v) is 6.39. The van der Waals surface area contributed by atoms with Gasteiger partial charge in [-0.15, -0.1) is 0 Å². The Labute approximate surface area is 126 Å². The number of benzene rings is 1. The molecule has 8 nitrogen and oxygen atoms in total. The summed E-state index contributed by atoms with van der Waals surface area (Å²) in [6.45, 7) is 0.399. The van der Waals surface area contributed by atoms with Gasteiger partial charge in [-0.3, -0.25) is 10.1 Å². The van der Waals surface area contributed by atoms with Crippen molar-refractivity contribution in [2.75, 3.05) is 12.4 Å². The van der Waals surface area contributed by atoms with Crippen molar-refractivity contribution in [3.63, 3.8) is 0 Å². The zero-order valence-corrected chi connectivity index (χ0v) is 11.9. The average molecular weight is 301 g/mol. The molecule has 3 N–H and O–H groups in total. The van der Waals surface area contributed by atoms with Crippen molar-refractivity contribution in [3.8, 4) is 5.75 Å². The summed E-state index contributed by atoms with van der Waals surface area (Å²) in [5.74, 6) is 1.34. The second kappa shape index (κ2) is 7.02. The van der Waals surface area contributed by atoms with Gasteiger partial charge in [0.25, 0.3) is 5.69 Å². The molecular formula is C14H15N5O3. The van der Waals surface area contributed by atoms with Crippen LogP contribution in [0.2, 0.25) is 0 Å². The Morgan fingerprint density at radius 2 is 2.09 bits per heavy atom. The lowest BCUT2D eigenvalue weighted by Crippen LogP contribution is -2.23. The number of guanidine groups is 1.